The fourth-order valence-electron chi connectivity index (χ4n) is 3.66. The number of H-pyrrole nitrogens is 1. The fourth-order valence-corrected chi connectivity index (χ4v) is 3.87. The molecule has 1 aliphatic rings. The van der Waals surface area contributed by atoms with Crippen LogP contribution in [-0.2, 0) is 7.05 Å². The van der Waals surface area contributed by atoms with Crippen LogP contribution < -0.4 is 15.2 Å². The first kappa shape index (κ1) is 20.3. The Morgan fingerprint density at radius 3 is 2.77 bits per heavy atom. The quantitative estimate of drug-likeness (QED) is 0.632. The highest BCUT2D eigenvalue weighted by atomic mass is 35.5. The van der Waals surface area contributed by atoms with Gasteiger partial charge in [0.05, 0.1) is 30.7 Å². The van der Waals surface area contributed by atoms with Gasteiger partial charge in [-0.3, -0.25) is 9.48 Å². The van der Waals surface area contributed by atoms with Crippen LogP contribution in [0.2, 0.25) is 5.02 Å². The number of rotatable bonds is 4. The minimum Gasteiger partial charge on any atom is -0.469 e. The number of alkyl halides is 1. The molecule has 0 spiro atoms. The molecular weight excluding hydrogens is 418 g/mol. The second-order valence-corrected chi connectivity index (χ2v) is 7.54. The number of pyridine rings is 1. The smallest absolute Gasteiger partial charge is 0.285 e. The molecular formula is C19H19ClF2N6O2. The van der Waals surface area contributed by atoms with Crippen molar-refractivity contribution in [1.82, 2.24) is 25.0 Å². The van der Waals surface area contributed by atoms with Crippen molar-refractivity contribution in [3.8, 4) is 17.0 Å². The second kappa shape index (κ2) is 7.67. The first-order chi connectivity index (χ1) is 14.2. The van der Waals surface area contributed by atoms with Gasteiger partial charge < -0.3 is 9.64 Å². The molecule has 0 unspecified atom stereocenters. The van der Waals surface area contributed by atoms with Crippen molar-refractivity contribution < 1.29 is 13.5 Å². The van der Waals surface area contributed by atoms with E-state index in [0.29, 0.717) is 11.3 Å². The summed E-state index contributed by atoms with van der Waals surface area (Å²) < 4.78 is 36.3. The number of hydrogen-bond acceptors (Lipinski definition) is 6. The van der Waals surface area contributed by atoms with Crippen LogP contribution in [0.4, 0.5) is 14.5 Å². The van der Waals surface area contributed by atoms with E-state index in [-0.39, 0.29) is 24.0 Å². The number of nitrogens with zero attached hydrogens (tertiary/aromatic N) is 5. The minimum absolute atomic E-state index is 0.0303. The summed E-state index contributed by atoms with van der Waals surface area (Å²) in [5.74, 6) is -0.769. The molecule has 158 valence electrons. The average molecular weight is 437 g/mol. The average Bonchev–Trinajstić information content (AvgIpc) is 3.15. The van der Waals surface area contributed by atoms with E-state index in [1.807, 2.05) is 13.8 Å². The second-order valence-electron chi connectivity index (χ2n) is 7.16. The van der Waals surface area contributed by atoms with Gasteiger partial charge in [-0.2, -0.15) is 19.6 Å². The van der Waals surface area contributed by atoms with E-state index in [0.717, 1.165) is 17.0 Å². The summed E-state index contributed by atoms with van der Waals surface area (Å²) in [5, 5.41) is 10.2. The van der Waals surface area contributed by atoms with Gasteiger partial charge in [-0.15, -0.1) is 0 Å². The third-order valence-corrected chi connectivity index (χ3v) is 5.52. The zero-order chi connectivity index (χ0) is 21.6. The number of aryl methyl sites for hydroxylation is 2. The topological polar surface area (TPSA) is 88.9 Å². The molecule has 2 atom stereocenters. The first-order valence-electron chi connectivity index (χ1n) is 9.21. The molecule has 1 saturated heterocycles. The van der Waals surface area contributed by atoms with Crippen LogP contribution >= 0.6 is 11.6 Å². The Morgan fingerprint density at radius 2 is 2.07 bits per heavy atom. The summed E-state index contributed by atoms with van der Waals surface area (Å²) in [7, 11) is 1.80. The van der Waals surface area contributed by atoms with Crippen LogP contribution in [0.15, 0.2) is 23.1 Å². The molecule has 3 aromatic rings. The number of aromatic amines is 1. The lowest BCUT2D eigenvalue weighted by molar-refractivity contribution is 0.133. The molecule has 0 aromatic carbocycles. The molecule has 1 aliphatic heterocycles. The Morgan fingerprint density at radius 1 is 1.30 bits per heavy atom. The maximum absolute atomic E-state index is 14.6. The molecule has 30 heavy (non-hydrogen) atoms. The monoisotopic (exact) mass is 436 g/mol. The highest BCUT2D eigenvalue weighted by molar-refractivity contribution is 6.33. The molecule has 1 fully saturated rings. The fraction of sp³-hybridized carbons (Fsp3) is 0.368. The van der Waals surface area contributed by atoms with Gasteiger partial charge in [-0.1, -0.05) is 11.6 Å². The SMILES string of the molecule is Cc1nn(C)c(C)c1-c1cc(F)nc(O[C@H]2CN(c3cn[nH]c(=O)c3Cl)C[C@@H]2F)c1. The molecule has 4 rings (SSSR count). The van der Waals surface area contributed by atoms with Crippen molar-refractivity contribution in [2.75, 3.05) is 18.0 Å². The van der Waals surface area contributed by atoms with Gasteiger partial charge in [-0.05, 0) is 19.4 Å². The summed E-state index contributed by atoms with van der Waals surface area (Å²) >= 11 is 6.01. The van der Waals surface area contributed by atoms with Crippen molar-refractivity contribution in [3.05, 3.63) is 51.0 Å². The van der Waals surface area contributed by atoms with Gasteiger partial charge in [-0.25, -0.2) is 9.49 Å². The molecule has 8 nitrogen and oxygen atoms in total. The Labute approximate surface area is 175 Å². The van der Waals surface area contributed by atoms with E-state index >= 15 is 0 Å². The number of nitrogens with one attached hydrogen (secondary N) is 1. The lowest BCUT2D eigenvalue weighted by Crippen LogP contribution is -2.28. The molecule has 4 heterocycles. The summed E-state index contributed by atoms with van der Waals surface area (Å²) in [6, 6.07) is 2.86. The van der Waals surface area contributed by atoms with Gasteiger partial charge in [0.15, 0.2) is 12.3 Å². The van der Waals surface area contributed by atoms with Crippen LogP contribution in [0, 0.1) is 19.8 Å². The third kappa shape index (κ3) is 3.62. The van der Waals surface area contributed by atoms with Crippen molar-refractivity contribution in [1.29, 1.82) is 0 Å². The molecule has 0 aliphatic carbocycles. The Hall–Kier alpha value is -3.01. The van der Waals surface area contributed by atoms with Gasteiger partial charge in [0, 0.05) is 30.4 Å². The van der Waals surface area contributed by atoms with Crippen LogP contribution in [0.3, 0.4) is 0 Å². The number of halogens is 3. The van der Waals surface area contributed by atoms with Gasteiger partial charge >= 0.3 is 0 Å². The summed E-state index contributed by atoms with van der Waals surface area (Å²) in [6.07, 6.45) is -0.958. The predicted molar refractivity (Wildman–Crippen MR) is 107 cm³/mol. The number of ether oxygens (including phenoxy) is 1. The Kier molecular flexibility index (Phi) is 5.19. The number of anilines is 1. The van der Waals surface area contributed by atoms with E-state index in [9.17, 15) is 13.6 Å². The summed E-state index contributed by atoms with van der Waals surface area (Å²) in [5.41, 5.74) is 2.66. The normalized spacial score (nSPS) is 18.8. The van der Waals surface area contributed by atoms with E-state index in [4.69, 9.17) is 16.3 Å². The molecule has 0 amide bonds. The lowest BCUT2D eigenvalue weighted by Gasteiger charge is -2.18. The zero-order valence-corrected chi connectivity index (χ0v) is 17.2. The van der Waals surface area contributed by atoms with E-state index in [1.54, 1.807) is 22.7 Å². The highest BCUT2D eigenvalue weighted by Gasteiger charge is 2.36. The maximum atomic E-state index is 14.6. The summed E-state index contributed by atoms with van der Waals surface area (Å²) in [6.45, 7) is 3.76. The first-order valence-corrected chi connectivity index (χ1v) is 9.59. The maximum Gasteiger partial charge on any atom is 0.285 e. The zero-order valence-electron chi connectivity index (χ0n) is 16.5. The van der Waals surface area contributed by atoms with Crippen molar-refractivity contribution >= 4 is 17.3 Å². The largest absolute Gasteiger partial charge is 0.469 e. The standard InChI is InChI=1S/C19H19ClF2N6O2/c1-9-17(10(2)27(3)26-9)11-4-15(22)24-16(5-11)30-14-8-28(7-12(14)21)13-6-23-25-19(29)18(13)20/h4-6,12,14H,7-8H2,1-3H3,(H,25,29)/t12-,14-/m0/s1. The molecule has 11 heteroatoms. The molecule has 3 aromatic heterocycles. The predicted octanol–water partition coefficient (Wildman–Crippen LogP) is 2.58. The number of aromatic nitrogens is 5. The van der Waals surface area contributed by atoms with Gasteiger partial charge in [0.1, 0.15) is 5.02 Å². The Bertz CT molecular complexity index is 1160. The van der Waals surface area contributed by atoms with Gasteiger partial charge in [0.25, 0.3) is 5.56 Å². The van der Waals surface area contributed by atoms with Crippen LogP contribution in [0.25, 0.3) is 11.1 Å². The molecule has 0 radical (unpaired) electrons. The third-order valence-electron chi connectivity index (χ3n) is 5.16. The number of hydrogen-bond donors (Lipinski definition) is 1. The molecule has 1 N–H and O–H groups in total. The van der Waals surface area contributed by atoms with Crippen LogP contribution in [-0.4, -0.2) is 50.3 Å². The van der Waals surface area contributed by atoms with Gasteiger partial charge in [0.2, 0.25) is 11.8 Å². The summed E-state index contributed by atoms with van der Waals surface area (Å²) in [4.78, 5) is 17.0. The minimum atomic E-state index is -1.39. The van der Waals surface area contributed by atoms with Crippen LogP contribution in [0.5, 0.6) is 5.88 Å². The lowest BCUT2D eigenvalue weighted by atomic mass is 10.1. The van der Waals surface area contributed by atoms with E-state index < -0.39 is 23.8 Å². The van der Waals surface area contributed by atoms with Crippen molar-refractivity contribution in [2.45, 2.75) is 26.1 Å². The highest BCUT2D eigenvalue weighted by Crippen LogP contribution is 2.31. The van der Waals surface area contributed by atoms with Crippen molar-refractivity contribution in [3.63, 3.8) is 0 Å². The van der Waals surface area contributed by atoms with E-state index in [2.05, 4.69) is 20.3 Å². The van der Waals surface area contributed by atoms with Crippen LogP contribution in [0.1, 0.15) is 11.4 Å². The Balaban J connectivity index is 1.59. The van der Waals surface area contributed by atoms with E-state index in [1.165, 1.54) is 12.3 Å². The molecule has 0 bridgehead atoms. The molecule has 0 saturated carbocycles. The van der Waals surface area contributed by atoms with Crippen molar-refractivity contribution in [2.24, 2.45) is 7.05 Å².